The summed E-state index contributed by atoms with van der Waals surface area (Å²) in [5.41, 5.74) is 7.08. The van der Waals surface area contributed by atoms with Crippen LogP contribution in [0.2, 0.25) is 0 Å². The van der Waals surface area contributed by atoms with Gasteiger partial charge in [-0.1, -0.05) is 17.3 Å². The van der Waals surface area contributed by atoms with Gasteiger partial charge in [-0.05, 0) is 25.0 Å². The van der Waals surface area contributed by atoms with Crippen LogP contribution < -0.4 is 11.1 Å². The van der Waals surface area contributed by atoms with Crippen molar-refractivity contribution in [1.29, 1.82) is 0 Å². The summed E-state index contributed by atoms with van der Waals surface area (Å²) >= 11 is 0. The molecule has 1 amide bonds. The fraction of sp³-hybridized carbons (Fsp3) is 0.385. The monoisotopic (exact) mass is 245 g/mol. The quantitative estimate of drug-likeness (QED) is 0.844. The lowest BCUT2D eigenvalue weighted by Gasteiger charge is -2.32. The molecule has 0 bridgehead atoms. The molecular formula is C13H15N3O2. The van der Waals surface area contributed by atoms with Gasteiger partial charge in [-0.3, -0.25) is 4.79 Å². The number of nitrogens with zero attached hydrogens (tertiary/aromatic N) is 1. The Morgan fingerprint density at radius 2 is 2.22 bits per heavy atom. The third kappa shape index (κ3) is 2.09. The highest BCUT2D eigenvalue weighted by Crippen LogP contribution is 2.20. The Morgan fingerprint density at radius 1 is 1.44 bits per heavy atom. The molecule has 0 atom stereocenters. The van der Waals surface area contributed by atoms with Crippen LogP contribution in [0.4, 0.5) is 0 Å². The SMILES string of the molecule is NC1CC(NC(=O)Cc2noc3ccccc23)C1. The summed E-state index contributed by atoms with van der Waals surface area (Å²) < 4.78 is 5.16. The van der Waals surface area contributed by atoms with Crippen LogP contribution in [0.1, 0.15) is 18.5 Å². The standard InChI is InChI=1S/C13H15N3O2/c14-8-5-9(6-8)15-13(17)7-11-10-3-1-2-4-12(10)18-16-11/h1-4,8-9H,5-7,14H2,(H,15,17). The van der Waals surface area contributed by atoms with E-state index in [-0.39, 0.29) is 24.4 Å². The van der Waals surface area contributed by atoms with E-state index in [0.717, 1.165) is 18.2 Å². The number of carbonyl (C=O) groups is 1. The molecule has 1 fully saturated rings. The van der Waals surface area contributed by atoms with Crippen LogP contribution in [0, 0.1) is 0 Å². The van der Waals surface area contributed by atoms with Gasteiger partial charge in [-0.25, -0.2) is 0 Å². The smallest absolute Gasteiger partial charge is 0.226 e. The summed E-state index contributed by atoms with van der Waals surface area (Å²) in [5.74, 6) is -0.0223. The number of nitrogens with two attached hydrogens (primary N) is 1. The van der Waals surface area contributed by atoms with Gasteiger partial charge in [-0.2, -0.15) is 0 Å². The molecule has 3 rings (SSSR count). The largest absolute Gasteiger partial charge is 0.356 e. The van der Waals surface area contributed by atoms with E-state index in [2.05, 4.69) is 10.5 Å². The normalized spacial score (nSPS) is 22.7. The Labute approximate surface area is 104 Å². The van der Waals surface area contributed by atoms with E-state index in [1.807, 2.05) is 24.3 Å². The minimum Gasteiger partial charge on any atom is -0.356 e. The van der Waals surface area contributed by atoms with E-state index in [0.29, 0.717) is 11.3 Å². The van der Waals surface area contributed by atoms with Gasteiger partial charge in [0.25, 0.3) is 0 Å². The third-order valence-electron chi connectivity index (χ3n) is 3.32. The molecule has 18 heavy (non-hydrogen) atoms. The number of fused-ring (bicyclic) bond motifs is 1. The third-order valence-corrected chi connectivity index (χ3v) is 3.32. The molecule has 0 radical (unpaired) electrons. The maximum Gasteiger partial charge on any atom is 0.226 e. The number of amides is 1. The van der Waals surface area contributed by atoms with E-state index in [1.165, 1.54) is 0 Å². The van der Waals surface area contributed by atoms with Crippen molar-refractivity contribution in [3.63, 3.8) is 0 Å². The molecule has 0 spiro atoms. The van der Waals surface area contributed by atoms with Crippen LogP contribution in [-0.4, -0.2) is 23.1 Å². The predicted octanol–water partition coefficient (Wildman–Crippen LogP) is 0.976. The van der Waals surface area contributed by atoms with E-state index < -0.39 is 0 Å². The summed E-state index contributed by atoms with van der Waals surface area (Å²) in [6.07, 6.45) is 1.99. The van der Waals surface area contributed by atoms with Crippen molar-refractivity contribution in [2.45, 2.75) is 31.3 Å². The average Bonchev–Trinajstić information content (AvgIpc) is 2.71. The first-order chi connectivity index (χ1) is 8.72. The van der Waals surface area contributed by atoms with E-state index in [4.69, 9.17) is 10.3 Å². The van der Waals surface area contributed by atoms with Crippen LogP contribution in [0.3, 0.4) is 0 Å². The highest BCUT2D eigenvalue weighted by atomic mass is 16.5. The van der Waals surface area contributed by atoms with Crippen LogP contribution in [-0.2, 0) is 11.2 Å². The second-order valence-electron chi connectivity index (χ2n) is 4.80. The number of rotatable bonds is 3. The second kappa shape index (κ2) is 4.42. The molecule has 1 saturated carbocycles. The molecule has 1 aliphatic carbocycles. The first-order valence-corrected chi connectivity index (χ1v) is 6.10. The molecule has 0 unspecified atom stereocenters. The summed E-state index contributed by atoms with van der Waals surface area (Å²) in [6.45, 7) is 0. The Kier molecular flexibility index (Phi) is 2.76. The molecule has 5 nitrogen and oxygen atoms in total. The number of carbonyl (C=O) groups excluding carboxylic acids is 1. The van der Waals surface area contributed by atoms with Gasteiger partial charge in [0.1, 0.15) is 5.69 Å². The van der Waals surface area contributed by atoms with Gasteiger partial charge in [0, 0.05) is 17.5 Å². The fourth-order valence-corrected chi connectivity index (χ4v) is 2.28. The summed E-state index contributed by atoms with van der Waals surface area (Å²) in [7, 11) is 0. The predicted molar refractivity (Wildman–Crippen MR) is 66.9 cm³/mol. The van der Waals surface area contributed by atoms with E-state index >= 15 is 0 Å². The van der Waals surface area contributed by atoms with Crippen LogP contribution in [0.15, 0.2) is 28.8 Å². The van der Waals surface area contributed by atoms with Gasteiger partial charge in [0.05, 0.1) is 6.42 Å². The zero-order chi connectivity index (χ0) is 12.5. The van der Waals surface area contributed by atoms with Crippen molar-refractivity contribution in [1.82, 2.24) is 10.5 Å². The minimum absolute atomic E-state index is 0.0223. The highest BCUT2D eigenvalue weighted by Gasteiger charge is 2.27. The number of hydrogen-bond donors (Lipinski definition) is 2. The lowest BCUT2D eigenvalue weighted by molar-refractivity contribution is -0.121. The van der Waals surface area contributed by atoms with Gasteiger partial charge < -0.3 is 15.6 Å². The van der Waals surface area contributed by atoms with E-state index in [9.17, 15) is 4.79 Å². The average molecular weight is 245 g/mol. The molecule has 94 valence electrons. The van der Waals surface area contributed by atoms with Crippen molar-refractivity contribution in [2.75, 3.05) is 0 Å². The molecule has 0 aliphatic heterocycles. The van der Waals surface area contributed by atoms with Crippen molar-refractivity contribution in [3.05, 3.63) is 30.0 Å². The van der Waals surface area contributed by atoms with Crippen molar-refractivity contribution < 1.29 is 9.32 Å². The van der Waals surface area contributed by atoms with Crippen LogP contribution in [0.5, 0.6) is 0 Å². The molecule has 1 heterocycles. The van der Waals surface area contributed by atoms with Gasteiger partial charge in [0.2, 0.25) is 5.91 Å². The second-order valence-corrected chi connectivity index (χ2v) is 4.80. The van der Waals surface area contributed by atoms with Crippen molar-refractivity contribution in [3.8, 4) is 0 Å². The minimum atomic E-state index is -0.0223. The number of benzene rings is 1. The van der Waals surface area contributed by atoms with Gasteiger partial charge >= 0.3 is 0 Å². The molecular weight excluding hydrogens is 230 g/mol. The number of aromatic nitrogens is 1. The number of nitrogens with one attached hydrogen (secondary N) is 1. The van der Waals surface area contributed by atoms with Crippen LogP contribution in [0.25, 0.3) is 11.0 Å². The first-order valence-electron chi connectivity index (χ1n) is 6.10. The summed E-state index contributed by atoms with van der Waals surface area (Å²) in [6, 6.07) is 8.01. The Balaban J connectivity index is 1.67. The zero-order valence-corrected chi connectivity index (χ0v) is 9.93. The van der Waals surface area contributed by atoms with Crippen molar-refractivity contribution >= 4 is 16.9 Å². The molecule has 0 saturated heterocycles. The van der Waals surface area contributed by atoms with Gasteiger partial charge in [0.15, 0.2) is 5.58 Å². The number of hydrogen-bond acceptors (Lipinski definition) is 4. The topological polar surface area (TPSA) is 81.1 Å². The molecule has 1 aliphatic rings. The molecule has 2 aromatic rings. The van der Waals surface area contributed by atoms with Crippen LogP contribution >= 0.6 is 0 Å². The van der Waals surface area contributed by atoms with Crippen molar-refractivity contribution in [2.24, 2.45) is 5.73 Å². The fourth-order valence-electron chi connectivity index (χ4n) is 2.28. The zero-order valence-electron chi connectivity index (χ0n) is 9.93. The summed E-state index contributed by atoms with van der Waals surface area (Å²) in [4.78, 5) is 11.8. The number of para-hydroxylation sites is 1. The molecule has 3 N–H and O–H groups in total. The maximum absolute atomic E-state index is 11.8. The maximum atomic E-state index is 11.8. The van der Waals surface area contributed by atoms with Gasteiger partial charge in [-0.15, -0.1) is 0 Å². The Hall–Kier alpha value is -1.88. The van der Waals surface area contributed by atoms with E-state index in [1.54, 1.807) is 0 Å². The highest BCUT2D eigenvalue weighted by molar-refractivity contribution is 5.86. The Bertz CT molecular complexity index is 572. The summed E-state index contributed by atoms with van der Waals surface area (Å²) in [5, 5.41) is 7.79. The Morgan fingerprint density at radius 3 is 3.00 bits per heavy atom. The molecule has 1 aromatic carbocycles. The first kappa shape index (κ1) is 11.2. The molecule has 1 aromatic heterocycles. The lowest BCUT2D eigenvalue weighted by Crippen LogP contribution is -2.50. The molecule has 5 heteroatoms. The lowest BCUT2D eigenvalue weighted by atomic mass is 9.87.